The van der Waals surface area contributed by atoms with Gasteiger partial charge < -0.3 is 15.0 Å². The summed E-state index contributed by atoms with van der Waals surface area (Å²) in [6.07, 6.45) is 0.358. The molecule has 1 N–H and O–H groups in total. The molecule has 202 valence electrons. The Kier molecular flexibility index (Phi) is 9.52. The third kappa shape index (κ3) is 6.52. The third-order valence-electron chi connectivity index (χ3n) is 6.28. The summed E-state index contributed by atoms with van der Waals surface area (Å²) in [5.74, 6) is -0.518. The number of benzene rings is 3. The smallest absolute Gasteiger partial charge is 0.264 e. The first-order valence-corrected chi connectivity index (χ1v) is 13.8. The molecule has 1 atom stereocenters. The number of rotatable bonds is 11. The van der Waals surface area contributed by atoms with Gasteiger partial charge in [0.05, 0.1) is 17.7 Å². The van der Waals surface area contributed by atoms with Gasteiger partial charge in [0.25, 0.3) is 10.0 Å². The molecule has 38 heavy (non-hydrogen) atoms. The van der Waals surface area contributed by atoms with Crippen molar-refractivity contribution < 1.29 is 22.7 Å². The zero-order valence-corrected chi connectivity index (χ0v) is 23.3. The number of amides is 2. The van der Waals surface area contributed by atoms with Crippen LogP contribution in [0.25, 0.3) is 0 Å². The van der Waals surface area contributed by atoms with Gasteiger partial charge in [0.1, 0.15) is 18.3 Å². The molecular formula is C29H35N3O5S. The third-order valence-corrected chi connectivity index (χ3v) is 8.05. The largest absolute Gasteiger partial charge is 0.495 e. The number of carbonyl (C=O) groups excluding carboxylic acids is 2. The molecule has 0 bridgehead atoms. The number of hydrogen-bond acceptors (Lipinski definition) is 5. The van der Waals surface area contributed by atoms with Crippen LogP contribution < -0.4 is 14.4 Å². The highest BCUT2D eigenvalue weighted by molar-refractivity contribution is 7.92. The summed E-state index contributed by atoms with van der Waals surface area (Å²) in [5.41, 5.74) is 2.90. The number of anilines is 1. The van der Waals surface area contributed by atoms with Crippen molar-refractivity contribution in [1.29, 1.82) is 0 Å². The van der Waals surface area contributed by atoms with E-state index in [-0.39, 0.29) is 23.0 Å². The molecule has 3 aromatic rings. The van der Waals surface area contributed by atoms with Crippen LogP contribution in [0.15, 0.2) is 77.7 Å². The Morgan fingerprint density at radius 2 is 1.63 bits per heavy atom. The quantitative estimate of drug-likeness (QED) is 0.398. The summed E-state index contributed by atoms with van der Waals surface area (Å²) in [4.78, 5) is 28.3. The molecule has 0 fully saturated rings. The number of ether oxygens (including phenoxy) is 1. The van der Waals surface area contributed by atoms with E-state index in [1.807, 2.05) is 45.0 Å². The number of nitrogens with one attached hydrogen (secondary N) is 1. The standard InChI is InChI=1S/C29H35N3O5S/c1-6-25(29(34)30-4)31(19-23-12-10-11-21(2)17-23)28(33)20-32(26-18-22(3)15-16-27(26)37-5)38(35,36)24-13-8-7-9-14-24/h7-18,25H,6,19-20H2,1-5H3,(H,30,34)/t25-/m0/s1. The second-order valence-corrected chi connectivity index (χ2v) is 10.9. The lowest BCUT2D eigenvalue weighted by molar-refractivity contribution is -0.140. The van der Waals surface area contributed by atoms with Crippen molar-refractivity contribution in [3.63, 3.8) is 0 Å². The van der Waals surface area contributed by atoms with Crippen LogP contribution in [0.3, 0.4) is 0 Å². The molecule has 0 aliphatic heterocycles. The lowest BCUT2D eigenvalue weighted by Gasteiger charge is -2.33. The predicted octanol–water partition coefficient (Wildman–Crippen LogP) is 4.06. The van der Waals surface area contributed by atoms with Gasteiger partial charge in [-0.1, -0.05) is 61.0 Å². The monoisotopic (exact) mass is 537 g/mol. The molecule has 3 rings (SSSR count). The molecule has 0 spiro atoms. The minimum atomic E-state index is -4.16. The first-order chi connectivity index (χ1) is 18.1. The van der Waals surface area contributed by atoms with Crippen LogP contribution in [0.5, 0.6) is 5.75 Å². The van der Waals surface area contributed by atoms with Crippen LogP contribution in [0.2, 0.25) is 0 Å². The molecule has 0 saturated carbocycles. The number of methoxy groups -OCH3 is 1. The molecule has 0 aromatic heterocycles. The molecular weight excluding hydrogens is 502 g/mol. The average Bonchev–Trinajstić information content (AvgIpc) is 2.91. The summed E-state index contributed by atoms with van der Waals surface area (Å²) < 4.78 is 34.4. The van der Waals surface area contributed by atoms with Crippen LogP contribution in [0, 0.1) is 13.8 Å². The number of aryl methyl sites for hydroxylation is 2. The van der Waals surface area contributed by atoms with Crippen molar-refractivity contribution >= 4 is 27.5 Å². The summed E-state index contributed by atoms with van der Waals surface area (Å²) >= 11 is 0. The summed E-state index contributed by atoms with van der Waals surface area (Å²) in [7, 11) is -1.20. The highest BCUT2D eigenvalue weighted by atomic mass is 32.2. The number of carbonyl (C=O) groups is 2. The Hall–Kier alpha value is -3.85. The minimum absolute atomic E-state index is 0.0416. The molecule has 8 nitrogen and oxygen atoms in total. The van der Waals surface area contributed by atoms with Crippen LogP contribution in [0.4, 0.5) is 5.69 Å². The molecule has 0 saturated heterocycles. The van der Waals surface area contributed by atoms with Crippen LogP contribution in [-0.2, 0) is 26.2 Å². The SMILES string of the molecule is CC[C@@H](C(=O)NC)N(Cc1cccc(C)c1)C(=O)CN(c1cc(C)ccc1OC)S(=O)(=O)c1ccccc1. The summed E-state index contributed by atoms with van der Waals surface area (Å²) in [6.45, 7) is 5.23. The predicted molar refractivity (Wildman–Crippen MR) is 149 cm³/mol. The first kappa shape index (κ1) is 28.7. The van der Waals surface area contributed by atoms with Gasteiger partial charge in [0.15, 0.2) is 0 Å². The van der Waals surface area contributed by atoms with Gasteiger partial charge >= 0.3 is 0 Å². The van der Waals surface area contributed by atoms with Gasteiger partial charge in [-0.15, -0.1) is 0 Å². The Labute approximate surface area is 225 Å². The average molecular weight is 538 g/mol. The Balaban J connectivity index is 2.12. The lowest BCUT2D eigenvalue weighted by atomic mass is 10.1. The van der Waals surface area contributed by atoms with Crippen molar-refractivity contribution in [3.05, 3.63) is 89.5 Å². The number of hydrogen-bond donors (Lipinski definition) is 1. The number of likely N-dealkylation sites (N-methyl/N-ethyl adjacent to an activating group) is 1. The van der Waals surface area contributed by atoms with Crippen LogP contribution in [-0.4, -0.2) is 51.9 Å². The topological polar surface area (TPSA) is 96.0 Å². The fourth-order valence-corrected chi connectivity index (χ4v) is 5.76. The second kappa shape index (κ2) is 12.6. The Bertz CT molecular complexity index is 1380. The van der Waals surface area contributed by atoms with E-state index in [2.05, 4.69) is 5.32 Å². The van der Waals surface area contributed by atoms with Crippen molar-refractivity contribution in [3.8, 4) is 5.75 Å². The van der Waals surface area contributed by atoms with Gasteiger partial charge in [-0.25, -0.2) is 8.42 Å². The fraction of sp³-hybridized carbons (Fsp3) is 0.310. The van der Waals surface area contributed by atoms with E-state index in [0.717, 1.165) is 21.0 Å². The molecule has 0 unspecified atom stereocenters. The molecule has 0 radical (unpaired) electrons. The van der Waals surface area contributed by atoms with Crippen LogP contribution in [0.1, 0.15) is 30.0 Å². The number of sulfonamides is 1. The second-order valence-electron chi connectivity index (χ2n) is 9.05. The highest BCUT2D eigenvalue weighted by Crippen LogP contribution is 2.33. The van der Waals surface area contributed by atoms with Gasteiger partial charge in [0, 0.05) is 13.6 Å². The molecule has 9 heteroatoms. The normalized spacial score (nSPS) is 11.9. The minimum Gasteiger partial charge on any atom is -0.495 e. The van der Waals surface area contributed by atoms with Gasteiger partial charge in [0.2, 0.25) is 11.8 Å². The van der Waals surface area contributed by atoms with Crippen molar-refractivity contribution in [2.45, 2.75) is 44.7 Å². The van der Waals surface area contributed by atoms with E-state index in [9.17, 15) is 18.0 Å². The van der Waals surface area contributed by atoms with Crippen molar-refractivity contribution in [2.75, 3.05) is 25.0 Å². The maximum Gasteiger partial charge on any atom is 0.264 e. The van der Waals surface area contributed by atoms with E-state index in [1.54, 1.807) is 36.4 Å². The Morgan fingerprint density at radius 3 is 2.24 bits per heavy atom. The zero-order chi connectivity index (χ0) is 27.9. The van der Waals surface area contributed by atoms with E-state index < -0.39 is 28.5 Å². The van der Waals surface area contributed by atoms with E-state index in [1.165, 1.54) is 31.2 Å². The molecule has 0 aliphatic rings. The molecule has 0 heterocycles. The number of nitrogens with zero attached hydrogens (tertiary/aromatic N) is 2. The lowest BCUT2D eigenvalue weighted by Crippen LogP contribution is -2.51. The maximum atomic E-state index is 14.0. The Morgan fingerprint density at radius 1 is 0.947 bits per heavy atom. The zero-order valence-electron chi connectivity index (χ0n) is 22.5. The van der Waals surface area contributed by atoms with Gasteiger partial charge in [-0.05, 0) is 55.7 Å². The van der Waals surface area contributed by atoms with Gasteiger partial charge in [-0.2, -0.15) is 0 Å². The van der Waals surface area contributed by atoms with E-state index in [4.69, 9.17) is 4.74 Å². The van der Waals surface area contributed by atoms with Crippen LogP contribution >= 0.6 is 0 Å². The maximum absolute atomic E-state index is 14.0. The van der Waals surface area contributed by atoms with Gasteiger partial charge in [-0.3, -0.25) is 13.9 Å². The summed E-state index contributed by atoms with van der Waals surface area (Å²) in [6, 6.07) is 20.0. The van der Waals surface area contributed by atoms with Crippen molar-refractivity contribution in [2.24, 2.45) is 0 Å². The van der Waals surface area contributed by atoms with Crippen molar-refractivity contribution in [1.82, 2.24) is 10.2 Å². The highest BCUT2D eigenvalue weighted by Gasteiger charge is 2.34. The molecule has 2 amide bonds. The summed E-state index contributed by atoms with van der Waals surface area (Å²) in [5, 5.41) is 2.63. The van der Waals surface area contributed by atoms with E-state index in [0.29, 0.717) is 12.2 Å². The van der Waals surface area contributed by atoms with E-state index >= 15 is 0 Å². The molecule has 3 aromatic carbocycles. The molecule has 0 aliphatic carbocycles. The first-order valence-electron chi connectivity index (χ1n) is 12.4. The fourth-order valence-electron chi connectivity index (χ4n) is 4.32.